The van der Waals surface area contributed by atoms with Crippen molar-refractivity contribution in [3.63, 3.8) is 0 Å². The first-order valence-corrected chi connectivity index (χ1v) is 2.77. The highest BCUT2D eigenvalue weighted by atomic mass is 35.5. The van der Waals surface area contributed by atoms with E-state index in [1.54, 1.807) is 10.9 Å². The highest BCUT2D eigenvalue weighted by Gasteiger charge is 1.91. The molecule has 0 radical (unpaired) electrons. The molecule has 52 valence electrons. The van der Waals surface area contributed by atoms with Crippen molar-refractivity contribution in [2.45, 2.75) is 5.88 Å². The van der Waals surface area contributed by atoms with Crippen LogP contribution in [0.3, 0.4) is 0 Å². The molecular formula is C4H7Cl2N3. The zero-order valence-corrected chi connectivity index (χ0v) is 6.48. The Hall–Kier alpha value is -0.280. The molecule has 0 aromatic carbocycles. The van der Waals surface area contributed by atoms with Gasteiger partial charge in [-0.05, 0) is 0 Å². The van der Waals surface area contributed by atoms with Crippen LogP contribution in [0, 0.1) is 0 Å². The summed E-state index contributed by atoms with van der Waals surface area (Å²) in [5.41, 5.74) is 0.814. The Labute approximate surface area is 64.4 Å². The molecule has 0 atom stereocenters. The van der Waals surface area contributed by atoms with Crippen molar-refractivity contribution in [2.24, 2.45) is 7.05 Å². The van der Waals surface area contributed by atoms with E-state index in [1.807, 2.05) is 7.05 Å². The van der Waals surface area contributed by atoms with E-state index in [0.29, 0.717) is 5.88 Å². The molecule has 1 aromatic heterocycles. The van der Waals surface area contributed by atoms with Crippen LogP contribution in [0.2, 0.25) is 0 Å². The molecule has 0 saturated heterocycles. The van der Waals surface area contributed by atoms with Gasteiger partial charge in [-0.2, -0.15) is 0 Å². The van der Waals surface area contributed by atoms with Gasteiger partial charge in [-0.3, -0.25) is 4.68 Å². The van der Waals surface area contributed by atoms with Gasteiger partial charge >= 0.3 is 0 Å². The number of nitrogens with zero attached hydrogens (tertiary/aromatic N) is 3. The quantitative estimate of drug-likeness (QED) is 0.585. The molecule has 5 heteroatoms. The van der Waals surface area contributed by atoms with Crippen LogP contribution in [0.5, 0.6) is 0 Å². The van der Waals surface area contributed by atoms with Crippen LogP contribution >= 0.6 is 24.0 Å². The Morgan fingerprint density at radius 2 is 2.44 bits per heavy atom. The van der Waals surface area contributed by atoms with Crippen LogP contribution in [0.15, 0.2) is 6.20 Å². The molecule has 0 amide bonds. The standard InChI is InChI=1S/C4H6ClN3.ClH/c1-8-3-4(2-5)6-7-8;/h3H,2H2,1H3;1H. The molecule has 0 bridgehead atoms. The van der Waals surface area contributed by atoms with Gasteiger partial charge in [0.1, 0.15) is 0 Å². The largest absolute Gasteiger partial charge is 0.255 e. The number of alkyl halides is 1. The maximum Gasteiger partial charge on any atom is 0.0974 e. The van der Waals surface area contributed by atoms with Gasteiger partial charge in [-0.1, -0.05) is 5.21 Å². The Kier molecular flexibility index (Phi) is 3.58. The monoisotopic (exact) mass is 167 g/mol. The molecule has 3 nitrogen and oxygen atoms in total. The SMILES string of the molecule is Cl.Cn1cc(CCl)nn1. The number of rotatable bonds is 1. The van der Waals surface area contributed by atoms with Crippen LogP contribution in [0.25, 0.3) is 0 Å². The lowest BCUT2D eigenvalue weighted by Crippen LogP contribution is -1.85. The summed E-state index contributed by atoms with van der Waals surface area (Å²) in [6, 6.07) is 0. The molecule has 0 aliphatic heterocycles. The summed E-state index contributed by atoms with van der Waals surface area (Å²) in [6.45, 7) is 0. The second-order valence-corrected chi connectivity index (χ2v) is 1.78. The second-order valence-electron chi connectivity index (χ2n) is 1.52. The van der Waals surface area contributed by atoms with Gasteiger partial charge in [0.05, 0.1) is 11.6 Å². The lowest BCUT2D eigenvalue weighted by atomic mass is 10.6. The van der Waals surface area contributed by atoms with Crippen molar-refractivity contribution >= 4 is 24.0 Å². The van der Waals surface area contributed by atoms with E-state index < -0.39 is 0 Å². The molecule has 0 N–H and O–H groups in total. The van der Waals surface area contributed by atoms with Gasteiger partial charge in [-0.25, -0.2) is 0 Å². The average molecular weight is 168 g/mol. The first kappa shape index (κ1) is 8.72. The van der Waals surface area contributed by atoms with E-state index in [2.05, 4.69) is 10.3 Å². The minimum absolute atomic E-state index is 0. The topological polar surface area (TPSA) is 30.7 Å². The summed E-state index contributed by atoms with van der Waals surface area (Å²) in [6.07, 6.45) is 1.78. The van der Waals surface area contributed by atoms with E-state index in [1.165, 1.54) is 0 Å². The lowest BCUT2D eigenvalue weighted by Gasteiger charge is -1.77. The van der Waals surface area contributed by atoms with E-state index >= 15 is 0 Å². The summed E-state index contributed by atoms with van der Waals surface area (Å²) in [5, 5.41) is 7.38. The van der Waals surface area contributed by atoms with Crippen molar-refractivity contribution in [3.05, 3.63) is 11.9 Å². The number of aryl methyl sites for hydroxylation is 1. The van der Waals surface area contributed by atoms with E-state index in [9.17, 15) is 0 Å². The molecule has 1 rings (SSSR count). The molecule has 1 heterocycles. The molecule has 0 unspecified atom stereocenters. The normalized spacial score (nSPS) is 8.67. The predicted octanol–water partition coefficient (Wildman–Crippen LogP) is 0.976. The van der Waals surface area contributed by atoms with Crippen LogP contribution in [-0.4, -0.2) is 15.0 Å². The van der Waals surface area contributed by atoms with Gasteiger partial charge < -0.3 is 0 Å². The third-order valence-corrected chi connectivity index (χ3v) is 1.06. The maximum atomic E-state index is 5.42. The van der Waals surface area contributed by atoms with Crippen molar-refractivity contribution in [1.29, 1.82) is 0 Å². The summed E-state index contributed by atoms with van der Waals surface area (Å²) in [4.78, 5) is 0. The molecular weight excluding hydrogens is 161 g/mol. The third kappa shape index (κ3) is 2.20. The van der Waals surface area contributed by atoms with E-state index in [0.717, 1.165) is 5.69 Å². The van der Waals surface area contributed by atoms with E-state index in [-0.39, 0.29) is 12.4 Å². The zero-order valence-electron chi connectivity index (χ0n) is 4.91. The minimum Gasteiger partial charge on any atom is -0.255 e. The summed E-state index contributed by atoms with van der Waals surface area (Å²) in [5.74, 6) is 0.438. The Balaban J connectivity index is 0.000000640. The fourth-order valence-electron chi connectivity index (χ4n) is 0.457. The number of hydrogen-bond donors (Lipinski definition) is 0. The van der Waals surface area contributed by atoms with Gasteiger partial charge in [0.15, 0.2) is 0 Å². The average Bonchev–Trinajstić information content (AvgIpc) is 2.14. The Morgan fingerprint density at radius 1 is 1.78 bits per heavy atom. The van der Waals surface area contributed by atoms with Crippen LogP contribution in [0.1, 0.15) is 5.69 Å². The smallest absolute Gasteiger partial charge is 0.0974 e. The zero-order chi connectivity index (χ0) is 5.98. The molecule has 0 fully saturated rings. The maximum absolute atomic E-state index is 5.42. The predicted molar refractivity (Wildman–Crippen MR) is 37.8 cm³/mol. The molecule has 0 aliphatic carbocycles. The lowest BCUT2D eigenvalue weighted by molar-refractivity contribution is 0.714. The van der Waals surface area contributed by atoms with Crippen LogP contribution < -0.4 is 0 Å². The van der Waals surface area contributed by atoms with Crippen molar-refractivity contribution in [3.8, 4) is 0 Å². The minimum atomic E-state index is 0. The summed E-state index contributed by atoms with van der Waals surface area (Å²) >= 11 is 5.42. The first-order chi connectivity index (χ1) is 3.83. The second kappa shape index (κ2) is 3.69. The molecule has 0 saturated carbocycles. The molecule has 0 aliphatic rings. The fraction of sp³-hybridized carbons (Fsp3) is 0.500. The Bertz CT molecular complexity index is 174. The molecule has 9 heavy (non-hydrogen) atoms. The molecule has 0 spiro atoms. The number of halogens is 2. The van der Waals surface area contributed by atoms with Crippen molar-refractivity contribution in [2.75, 3.05) is 0 Å². The number of hydrogen-bond acceptors (Lipinski definition) is 2. The third-order valence-electron chi connectivity index (χ3n) is 0.787. The van der Waals surface area contributed by atoms with E-state index in [4.69, 9.17) is 11.6 Å². The fourth-order valence-corrected chi connectivity index (χ4v) is 0.579. The van der Waals surface area contributed by atoms with Crippen molar-refractivity contribution in [1.82, 2.24) is 15.0 Å². The van der Waals surface area contributed by atoms with Crippen LogP contribution in [-0.2, 0) is 12.9 Å². The highest BCUT2D eigenvalue weighted by Crippen LogP contribution is 1.94. The molecule has 1 aromatic rings. The van der Waals surface area contributed by atoms with Crippen LogP contribution in [0.4, 0.5) is 0 Å². The number of aromatic nitrogens is 3. The Morgan fingerprint density at radius 3 is 2.67 bits per heavy atom. The summed E-state index contributed by atoms with van der Waals surface area (Å²) < 4.78 is 1.62. The highest BCUT2D eigenvalue weighted by molar-refractivity contribution is 6.16. The van der Waals surface area contributed by atoms with Gasteiger partial charge in [-0.15, -0.1) is 29.1 Å². The van der Waals surface area contributed by atoms with Crippen molar-refractivity contribution < 1.29 is 0 Å². The summed E-state index contributed by atoms with van der Waals surface area (Å²) in [7, 11) is 1.81. The van der Waals surface area contributed by atoms with Gasteiger partial charge in [0.25, 0.3) is 0 Å². The first-order valence-electron chi connectivity index (χ1n) is 2.24. The van der Waals surface area contributed by atoms with Gasteiger partial charge in [0, 0.05) is 13.2 Å². The van der Waals surface area contributed by atoms with Gasteiger partial charge in [0.2, 0.25) is 0 Å².